The van der Waals surface area contributed by atoms with E-state index < -0.39 is 5.97 Å². The van der Waals surface area contributed by atoms with Gasteiger partial charge in [0.25, 0.3) is 0 Å². The van der Waals surface area contributed by atoms with Crippen molar-refractivity contribution in [3.05, 3.63) is 77.9 Å². The Hall–Kier alpha value is -2.95. The minimum Gasteiger partial charge on any atom is -0.456 e. The summed E-state index contributed by atoms with van der Waals surface area (Å²) in [7, 11) is 0. The van der Waals surface area contributed by atoms with Crippen molar-refractivity contribution in [2.24, 2.45) is 0 Å². The standard InChI is InChI=1S/C17H15N3O2/c1-13-10-16(19-20(13)15-7-3-2-4-8-15)17(21)22-12-14-6-5-9-18-11-14/h2-11H,12H2,1H3. The lowest BCUT2D eigenvalue weighted by atomic mass is 10.3. The molecule has 0 amide bonds. The van der Waals surface area contributed by atoms with Gasteiger partial charge in [0, 0.05) is 23.7 Å². The Labute approximate surface area is 128 Å². The van der Waals surface area contributed by atoms with E-state index in [4.69, 9.17) is 4.74 Å². The summed E-state index contributed by atoms with van der Waals surface area (Å²) in [6.07, 6.45) is 3.34. The van der Waals surface area contributed by atoms with Gasteiger partial charge < -0.3 is 4.74 Å². The van der Waals surface area contributed by atoms with Crippen molar-refractivity contribution in [2.45, 2.75) is 13.5 Å². The van der Waals surface area contributed by atoms with Crippen LogP contribution in [0.15, 0.2) is 60.9 Å². The lowest BCUT2D eigenvalue weighted by molar-refractivity contribution is 0.0465. The molecule has 0 bridgehead atoms. The molecule has 0 fully saturated rings. The first-order valence-electron chi connectivity index (χ1n) is 6.92. The average Bonchev–Trinajstić information content (AvgIpc) is 2.96. The van der Waals surface area contributed by atoms with Gasteiger partial charge in [0.15, 0.2) is 5.69 Å². The fraction of sp³-hybridized carbons (Fsp3) is 0.118. The molecule has 0 atom stereocenters. The highest BCUT2D eigenvalue weighted by Crippen LogP contribution is 2.13. The summed E-state index contributed by atoms with van der Waals surface area (Å²) in [5, 5.41) is 4.32. The average molecular weight is 293 g/mol. The van der Waals surface area contributed by atoms with Crippen molar-refractivity contribution in [3.8, 4) is 5.69 Å². The van der Waals surface area contributed by atoms with E-state index in [0.29, 0.717) is 5.69 Å². The summed E-state index contributed by atoms with van der Waals surface area (Å²) in [5.74, 6) is -0.443. The predicted octanol–water partition coefficient (Wildman–Crippen LogP) is 2.93. The Morgan fingerprint density at radius 2 is 2.00 bits per heavy atom. The number of carbonyl (C=O) groups excluding carboxylic acids is 1. The number of nitrogens with zero attached hydrogens (tertiary/aromatic N) is 3. The molecule has 0 aliphatic carbocycles. The van der Waals surface area contributed by atoms with E-state index in [-0.39, 0.29) is 6.61 Å². The number of aryl methyl sites for hydroxylation is 1. The summed E-state index contributed by atoms with van der Waals surface area (Å²) in [6, 6.07) is 15.0. The summed E-state index contributed by atoms with van der Waals surface area (Å²) in [6.45, 7) is 2.09. The van der Waals surface area contributed by atoms with Gasteiger partial charge in [0.2, 0.25) is 0 Å². The van der Waals surface area contributed by atoms with Gasteiger partial charge in [-0.2, -0.15) is 5.10 Å². The number of hydrogen-bond acceptors (Lipinski definition) is 4. The van der Waals surface area contributed by atoms with Gasteiger partial charge in [-0.3, -0.25) is 4.98 Å². The van der Waals surface area contributed by atoms with Crippen LogP contribution in [0.3, 0.4) is 0 Å². The van der Waals surface area contributed by atoms with Crippen molar-refractivity contribution < 1.29 is 9.53 Å². The molecule has 0 spiro atoms. The number of pyridine rings is 1. The maximum absolute atomic E-state index is 12.1. The molecule has 2 aromatic heterocycles. The first-order chi connectivity index (χ1) is 10.7. The van der Waals surface area contributed by atoms with E-state index >= 15 is 0 Å². The maximum Gasteiger partial charge on any atom is 0.359 e. The second kappa shape index (κ2) is 6.22. The van der Waals surface area contributed by atoms with E-state index in [1.165, 1.54) is 0 Å². The molecule has 3 rings (SSSR count). The molecule has 2 heterocycles. The van der Waals surface area contributed by atoms with Crippen LogP contribution in [0.2, 0.25) is 0 Å². The number of para-hydroxylation sites is 1. The normalized spacial score (nSPS) is 10.4. The van der Waals surface area contributed by atoms with Crippen molar-refractivity contribution in [3.63, 3.8) is 0 Å². The van der Waals surface area contributed by atoms with Crippen LogP contribution < -0.4 is 0 Å². The number of hydrogen-bond donors (Lipinski definition) is 0. The Kier molecular flexibility index (Phi) is 3.96. The van der Waals surface area contributed by atoms with Crippen molar-refractivity contribution >= 4 is 5.97 Å². The highest BCUT2D eigenvalue weighted by molar-refractivity contribution is 5.87. The summed E-state index contributed by atoms with van der Waals surface area (Å²) in [4.78, 5) is 16.1. The molecule has 110 valence electrons. The van der Waals surface area contributed by atoms with Crippen LogP contribution in [-0.2, 0) is 11.3 Å². The van der Waals surface area contributed by atoms with Crippen LogP contribution >= 0.6 is 0 Å². The van der Waals surface area contributed by atoms with E-state index in [9.17, 15) is 4.79 Å². The number of esters is 1. The summed E-state index contributed by atoms with van der Waals surface area (Å²) >= 11 is 0. The van der Waals surface area contributed by atoms with Crippen molar-refractivity contribution in [1.29, 1.82) is 0 Å². The van der Waals surface area contributed by atoms with Gasteiger partial charge in [-0.1, -0.05) is 24.3 Å². The second-order valence-corrected chi connectivity index (χ2v) is 4.86. The fourth-order valence-corrected chi connectivity index (χ4v) is 2.11. The highest BCUT2D eigenvalue weighted by Gasteiger charge is 2.14. The molecule has 3 aromatic rings. The molecular weight excluding hydrogens is 278 g/mol. The monoisotopic (exact) mass is 293 g/mol. The van der Waals surface area contributed by atoms with Gasteiger partial charge in [-0.05, 0) is 31.2 Å². The molecule has 22 heavy (non-hydrogen) atoms. The van der Waals surface area contributed by atoms with Crippen LogP contribution in [0.25, 0.3) is 5.69 Å². The zero-order valence-corrected chi connectivity index (χ0v) is 12.1. The lowest BCUT2D eigenvalue weighted by Gasteiger charge is -2.03. The van der Waals surface area contributed by atoms with E-state index in [1.54, 1.807) is 29.2 Å². The van der Waals surface area contributed by atoms with Crippen LogP contribution in [0.1, 0.15) is 21.7 Å². The van der Waals surface area contributed by atoms with Gasteiger partial charge in [-0.25, -0.2) is 9.48 Å². The summed E-state index contributed by atoms with van der Waals surface area (Å²) < 4.78 is 6.99. The van der Waals surface area contributed by atoms with Crippen LogP contribution in [-0.4, -0.2) is 20.7 Å². The highest BCUT2D eigenvalue weighted by atomic mass is 16.5. The molecule has 0 unspecified atom stereocenters. The Balaban J connectivity index is 1.74. The van der Waals surface area contributed by atoms with Gasteiger partial charge in [0.1, 0.15) is 6.61 Å². The maximum atomic E-state index is 12.1. The first-order valence-corrected chi connectivity index (χ1v) is 6.92. The van der Waals surface area contributed by atoms with Gasteiger partial charge in [0.05, 0.1) is 5.69 Å². The molecule has 5 heteroatoms. The predicted molar refractivity (Wildman–Crippen MR) is 81.7 cm³/mol. The molecule has 0 aliphatic rings. The molecule has 1 aromatic carbocycles. The molecule has 0 radical (unpaired) electrons. The zero-order chi connectivity index (χ0) is 15.4. The minimum atomic E-state index is -0.443. The minimum absolute atomic E-state index is 0.184. The number of rotatable bonds is 4. The number of benzene rings is 1. The van der Waals surface area contributed by atoms with E-state index in [1.807, 2.05) is 43.3 Å². The SMILES string of the molecule is Cc1cc(C(=O)OCc2cccnc2)nn1-c1ccccc1. The first kappa shape index (κ1) is 14.0. The van der Waals surface area contributed by atoms with E-state index in [0.717, 1.165) is 16.9 Å². The van der Waals surface area contributed by atoms with Crippen LogP contribution in [0.4, 0.5) is 0 Å². The Bertz CT molecular complexity index is 767. The van der Waals surface area contributed by atoms with Gasteiger partial charge in [-0.15, -0.1) is 0 Å². The van der Waals surface area contributed by atoms with Crippen LogP contribution in [0.5, 0.6) is 0 Å². The number of ether oxygens (including phenoxy) is 1. The van der Waals surface area contributed by atoms with E-state index in [2.05, 4.69) is 10.1 Å². The van der Waals surface area contributed by atoms with Crippen LogP contribution in [0, 0.1) is 6.92 Å². The molecule has 5 nitrogen and oxygen atoms in total. The fourth-order valence-electron chi connectivity index (χ4n) is 2.11. The Morgan fingerprint density at radius 1 is 1.18 bits per heavy atom. The third-order valence-corrected chi connectivity index (χ3v) is 3.19. The third-order valence-electron chi connectivity index (χ3n) is 3.19. The molecule has 0 saturated carbocycles. The van der Waals surface area contributed by atoms with Crippen molar-refractivity contribution in [2.75, 3.05) is 0 Å². The molecule has 0 saturated heterocycles. The topological polar surface area (TPSA) is 57.0 Å². The summed E-state index contributed by atoms with van der Waals surface area (Å²) in [5.41, 5.74) is 2.92. The number of carbonyl (C=O) groups is 1. The molecule has 0 N–H and O–H groups in total. The smallest absolute Gasteiger partial charge is 0.359 e. The van der Waals surface area contributed by atoms with Gasteiger partial charge >= 0.3 is 5.97 Å². The second-order valence-electron chi connectivity index (χ2n) is 4.86. The van der Waals surface area contributed by atoms with Crippen molar-refractivity contribution in [1.82, 2.24) is 14.8 Å². The zero-order valence-electron chi connectivity index (χ0n) is 12.1. The molecular formula is C17H15N3O2. The largest absolute Gasteiger partial charge is 0.456 e. The quantitative estimate of drug-likeness (QED) is 0.694. The lowest BCUT2D eigenvalue weighted by Crippen LogP contribution is -2.07. The third kappa shape index (κ3) is 3.03. The Morgan fingerprint density at radius 3 is 2.73 bits per heavy atom. The number of aromatic nitrogens is 3. The molecule has 0 aliphatic heterocycles.